The van der Waals surface area contributed by atoms with E-state index in [1.165, 1.54) is 31.5 Å². The zero-order valence-corrected chi connectivity index (χ0v) is 13.0. The van der Waals surface area contributed by atoms with E-state index in [2.05, 4.69) is 5.10 Å². The van der Waals surface area contributed by atoms with Gasteiger partial charge in [-0.05, 0) is 23.8 Å². The van der Waals surface area contributed by atoms with Crippen LogP contribution >= 0.6 is 11.6 Å². The van der Waals surface area contributed by atoms with Crippen LogP contribution in [0.15, 0.2) is 48.7 Å². The standard InChI is InChI=1S/C17H13ClF2N2O/c1-23-15-10-22(17-13(19)6-3-7-14(17)20)21-16(15)12-5-2-4-11(8-12)9-18/h2-8,10H,9H2,1H3. The minimum absolute atomic E-state index is 0.245. The average Bonchev–Trinajstić information content (AvgIpc) is 2.99. The number of hydrogen-bond donors (Lipinski definition) is 0. The normalized spacial score (nSPS) is 10.8. The highest BCUT2D eigenvalue weighted by molar-refractivity contribution is 6.17. The van der Waals surface area contributed by atoms with Gasteiger partial charge in [0.15, 0.2) is 17.4 Å². The largest absolute Gasteiger partial charge is 0.493 e. The summed E-state index contributed by atoms with van der Waals surface area (Å²) in [6, 6.07) is 11.1. The summed E-state index contributed by atoms with van der Waals surface area (Å²) in [5.74, 6) is -0.620. The second-order valence-corrected chi connectivity index (χ2v) is 5.16. The highest BCUT2D eigenvalue weighted by atomic mass is 35.5. The van der Waals surface area contributed by atoms with Crippen LogP contribution < -0.4 is 4.74 Å². The number of halogens is 3. The monoisotopic (exact) mass is 334 g/mol. The Balaban J connectivity index is 2.15. The number of benzene rings is 2. The molecule has 23 heavy (non-hydrogen) atoms. The number of para-hydroxylation sites is 1. The molecule has 0 amide bonds. The maximum atomic E-state index is 13.9. The van der Waals surface area contributed by atoms with Crippen molar-refractivity contribution in [2.75, 3.05) is 7.11 Å². The lowest BCUT2D eigenvalue weighted by molar-refractivity contribution is 0.416. The summed E-state index contributed by atoms with van der Waals surface area (Å²) in [5.41, 5.74) is 1.92. The molecular weight excluding hydrogens is 322 g/mol. The zero-order chi connectivity index (χ0) is 16.4. The molecule has 0 atom stereocenters. The number of nitrogens with zero attached hydrogens (tertiary/aromatic N) is 2. The van der Waals surface area contributed by atoms with Gasteiger partial charge in [0.1, 0.15) is 11.4 Å². The maximum Gasteiger partial charge on any atom is 0.165 e. The summed E-state index contributed by atoms with van der Waals surface area (Å²) in [4.78, 5) is 0. The number of alkyl halides is 1. The van der Waals surface area contributed by atoms with Crippen molar-refractivity contribution in [1.82, 2.24) is 9.78 Å². The van der Waals surface area contributed by atoms with Crippen molar-refractivity contribution >= 4 is 11.6 Å². The Hall–Kier alpha value is -2.40. The third-order valence-electron chi connectivity index (χ3n) is 3.42. The molecule has 0 aliphatic rings. The molecule has 1 heterocycles. The number of aromatic nitrogens is 2. The molecule has 3 nitrogen and oxygen atoms in total. The predicted octanol–water partition coefficient (Wildman–Crippen LogP) is 4.56. The molecule has 3 aromatic rings. The van der Waals surface area contributed by atoms with E-state index >= 15 is 0 Å². The first-order chi connectivity index (χ1) is 11.1. The zero-order valence-electron chi connectivity index (χ0n) is 12.3. The fraction of sp³-hybridized carbons (Fsp3) is 0.118. The Morgan fingerprint density at radius 3 is 2.48 bits per heavy atom. The lowest BCUT2D eigenvalue weighted by Crippen LogP contribution is -2.02. The molecule has 0 saturated heterocycles. The van der Waals surface area contributed by atoms with Gasteiger partial charge in [0.2, 0.25) is 0 Å². The predicted molar refractivity (Wildman–Crippen MR) is 85.0 cm³/mol. The van der Waals surface area contributed by atoms with Gasteiger partial charge < -0.3 is 4.74 Å². The Morgan fingerprint density at radius 1 is 1.13 bits per heavy atom. The van der Waals surface area contributed by atoms with Gasteiger partial charge in [0.25, 0.3) is 0 Å². The number of hydrogen-bond acceptors (Lipinski definition) is 2. The molecular formula is C17H13ClF2N2O. The maximum absolute atomic E-state index is 13.9. The van der Waals surface area contributed by atoms with Crippen LogP contribution in [0, 0.1) is 11.6 Å². The van der Waals surface area contributed by atoms with Gasteiger partial charge >= 0.3 is 0 Å². The average molecular weight is 335 g/mol. The van der Waals surface area contributed by atoms with Gasteiger partial charge in [-0.25, -0.2) is 13.5 Å². The summed E-state index contributed by atoms with van der Waals surface area (Å²) < 4.78 is 34.3. The van der Waals surface area contributed by atoms with Crippen LogP contribution in [0.1, 0.15) is 5.56 Å². The topological polar surface area (TPSA) is 27.1 Å². The molecule has 6 heteroatoms. The third kappa shape index (κ3) is 2.92. The highest BCUT2D eigenvalue weighted by Crippen LogP contribution is 2.31. The van der Waals surface area contributed by atoms with Crippen LogP contribution in [0.3, 0.4) is 0 Å². The van der Waals surface area contributed by atoms with Crippen molar-refractivity contribution in [1.29, 1.82) is 0 Å². The number of rotatable bonds is 4. The minimum atomic E-state index is -0.698. The van der Waals surface area contributed by atoms with Crippen molar-refractivity contribution < 1.29 is 13.5 Å². The van der Waals surface area contributed by atoms with E-state index in [0.717, 1.165) is 15.8 Å². The fourth-order valence-electron chi connectivity index (χ4n) is 2.33. The number of methoxy groups -OCH3 is 1. The second kappa shape index (κ2) is 6.38. The van der Waals surface area contributed by atoms with E-state index < -0.39 is 11.6 Å². The molecule has 0 saturated carbocycles. The molecule has 0 aliphatic carbocycles. The summed E-state index contributed by atoms with van der Waals surface area (Å²) in [6.45, 7) is 0. The van der Waals surface area contributed by atoms with Gasteiger partial charge in [0.05, 0.1) is 13.3 Å². The SMILES string of the molecule is COc1cn(-c2c(F)cccc2F)nc1-c1cccc(CCl)c1. The Labute approximate surface area is 137 Å². The van der Waals surface area contributed by atoms with Crippen molar-refractivity contribution in [2.24, 2.45) is 0 Å². The summed E-state index contributed by atoms with van der Waals surface area (Å²) in [6.07, 6.45) is 1.45. The molecule has 0 N–H and O–H groups in total. The van der Waals surface area contributed by atoms with Gasteiger partial charge in [-0.1, -0.05) is 24.3 Å². The summed E-state index contributed by atoms with van der Waals surface area (Å²) in [5, 5.41) is 4.29. The molecule has 118 valence electrons. The van der Waals surface area contributed by atoms with Crippen LogP contribution in [0.4, 0.5) is 8.78 Å². The quantitative estimate of drug-likeness (QED) is 0.654. The van der Waals surface area contributed by atoms with Crippen LogP contribution in [-0.2, 0) is 5.88 Å². The van der Waals surface area contributed by atoms with Crippen LogP contribution in [0.25, 0.3) is 16.9 Å². The second-order valence-electron chi connectivity index (χ2n) is 4.89. The Bertz CT molecular complexity index is 828. The van der Waals surface area contributed by atoms with Crippen LogP contribution in [0.2, 0.25) is 0 Å². The smallest absolute Gasteiger partial charge is 0.165 e. The van der Waals surface area contributed by atoms with E-state index in [4.69, 9.17) is 16.3 Å². The van der Waals surface area contributed by atoms with Gasteiger partial charge in [-0.2, -0.15) is 5.10 Å². The molecule has 0 bridgehead atoms. The van der Waals surface area contributed by atoms with E-state index in [-0.39, 0.29) is 5.69 Å². The Kier molecular flexibility index (Phi) is 4.30. The molecule has 0 unspecified atom stereocenters. The summed E-state index contributed by atoms with van der Waals surface area (Å²) >= 11 is 5.85. The molecule has 1 aromatic heterocycles. The van der Waals surface area contributed by atoms with Crippen LogP contribution in [0.5, 0.6) is 5.75 Å². The van der Waals surface area contributed by atoms with Crippen LogP contribution in [-0.4, -0.2) is 16.9 Å². The molecule has 2 aromatic carbocycles. The van der Waals surface area contributed by atoms with Gasteiger partial charge in [-0.15, -0.1) is 11.6 Å². The van der Waals surface area contributed by atoms with E-state index in [1.807, 2.05) is 24.3 Å². The van der Waals surface area contributed by atoms with Crippen molar-refractivity contribution in [3.8, 4) is 22.7 Å². The van der Waals surface area contributed by atoms with Gasteiger partial charge in [-0.3, -0.25) is 0 Å². The first kappa shape index (κ1) is 15.5. The summed E-state index contributed by atoms with van der Waals surface area (Å²) in [7, 11) is 1.48. The van der Waals surface area contributed by atoms with E-state index in [0.29, 0.717) is 17.3 Å². The minimum Gasteiger partial charge on any atom is -0.493 e. The Morgan fingerprint density at radius 2 is 1.83 bits per heavy atom. The molecule has 0 radical (unpaired) electrons. The van der Waals surface area contributed by atoms with Gasteiger partial charge in [0, 0.05) is 11.4 Å². The molecule has 0 spiro atoms. The number of ether oxygens (including phenoxy) is 1. The lowest BCUT2D eigenvalue weighted by Gasteiger charge is -2.04. The first-order valence-electron chi connectivity index (χ1n) is 6.87. The molecule has 3 rings (SSSR count). The van der Waals surface area contributed by atoms with Crippen molar-refractivity contribution in [2.45, 2.75) is 5.88 Å². The fourth-order valence-corrected chi connectivity index (χ4v) is 2.50. The first-order valence-corrected chi connectivity index (χ1v) is 7.41. The van der Waals surface area contributed by atoms with Crippen molar-refractivity contribution in [3.63, 3.8) is 0 Å². The lowest BCUT2D eigenvalue weighted by atomic mass is 10.1. The van der Waals surface area contributed by atoms with Crippen molar-refractivity contribution in [3.05, 3.63) is 65.9 Å². The highest BCUT2D eigenvalue weighted by Gasteiger charge is 2.17. The van der Waals surface area contributed by atoms with E-state index in [9.17, 15) is 8.78 Å². The third-order valence-corrected chi connectivity index (χ3v) is 3.73. The van der Waals surface area contributed by atoms with E-state index in [1.54, 1.807) is 0 Å². The molecule has 0 aliphatic heterocycles. The molecule has 0 fully saturated rings.